The van der Waals surface area contributed by atoms with Crippen molar-refractivity contribution < 1.29 is 28.2 Å². The number of nitrogens with one attached hydrogen (secondary N) is 2. The zero-order valence-electron chi connectivity index (χ0n) is 27.9. The summed E-state index contributed by atoms with van der Waals surface area (Å²) in [5.74, 6) is -1.31. The topological polar surface area (TPSA) is 90.9 Å². The number of nitrogens with zero attached hydrogens (tertiary/aromatic N) is 1. The van der Waals surface area contributed by atoms with Gasteiger partial charge in [0.25, 0.3) is 0 Å². The Labute approximate surface area is 278 Å². The van der Waals surface area contributed by atoms with Gasteiger partial charge >= 0.3 is 6.09 Å². The number of amides is 2. The Morgan fingerprint density at radius 1 is 1.00 bits per heavy atom. The molecule has 2 amide bonds. The molecule has 3 atom stereocenters. The molecule has 0 bridgehead atoms. The molecule has 1 saturated carbocycles. The van der Waals surface area contributed by atoms with Crippen LogP contribution in [-0.2, 0) is 28.9 Å². The molecule has 1 fully saturated rings. The Hall–Kier alpha value is -2.69. The normalized spacial score (nSPS) is 15.5. The number of carbonyl (C=O) groups excluding carboxylic acids is 2. The van der Waals surface area contributed by atoms with Crippen LogP contribution in [0.5, 0.6) is 0 Å². The Kier molecular flexibility index (Phi) is 16.3. The minimum atomic E-state index is -1.07. The summed E-state index contributed by atoms with van der Waals surface area (Å²) < 4.78 is 33.5. The van der Waals surface area contributed by atoms with E-state index in [4.69, 9.17) is 4.74 Å². The SMILES string of the molecule is CCCC(CCC)SCC(NC(=O)OC1CCCC1)C(=O)N(Cc1cccc(CC)c1)C[C@@H](O)[C@H](Cc1cc(F)cc(F)c1)NC. The number of aliphatic hydroxyl groups excluding tert-OH is 1. The lowest BCUT2D eigenvalue weighted by Crippen LogP contribution is -2.54. The van der Waals surface area contributed by atoms with E-state index < -0.39 is 35.9 Å². The average Bonchev–Trinajstić information content (AvgIpc) is 3.53. The number of ether oxygens (including phenoxy) is 1. The summed E-state index contributed by atoms with van der Waals surface area (Å²) >= 11 is 1.69. The quantitative estimate of drug-likeness (QED) is 0.154. The third-order valence-corrected chi connectivity index (χ3v) is 10.1. The second-order valence-corrected chi connectivity index (χ2v) is 13.7. The van der Waals surface area contributed by atoms with E-state index in [1.54, 1.807) is 23.7 Å². The molecule has 1 aliphatic carbocycles. The number of aryl methyl sites for hydroxylation is 1. The molecular weight excluding hydrogens is 608 g/mol. The number of benzene rings is 2. The summed E-state index contributed by atoms with van der Waals surface area (Å²) in [6, 6.07) is 9.82. The molecule has 2 aromatic carbocycles. The molecule has 46 heavy (non-hydrogen) atoms. The maximum atomic E-state index is 14.4. The zero-order chi connectivity index (χ0) is 33.5. The Balaban J connectivity index is 1.87. The lowest BCUT2D eigenvalue weighted by Gasteiger charge is -2.33. The minimum absolute atomic E-state index is 0.0492. The highest BCUT2D eigenvalue weighted by Crippen LogP contribution is 2.24. The van der Waals surface area contributed by atoms with Crippen LogP contribution in [0.3, 0.4) is 0 Å². The number of rotatable bonds is 19. The van der Waals surface area contributed by atoms with E-state index in [0.29, 0.717) is 16.6 Å². The fourth-order valence-electron chi connectivity index (χ4n) is 6.08. The van der Waals surface area contributed by atoms with Crippen LogP contribution in [0, 0.1) is 11.6 Å². The maximum Gasteiger partial charge on any atom is 0.408 e. The molecule has 3 rings (SSSR count). The van der Waals surface area contributed by atoms with Gasteiger partial charge in [-0.2, -0.15) is 11.8 Å². The van der Waals surface area contributed by atoms with Crippen molar-refractivity contribution in [2.75, 3.05) is 19.3 Å². The Morgan fingerprint density at radius 2 is 1.65 bits per heavy atom. The number of hydrogen-bond donors (Lipinski definition) is 3. The predicted molar refractivity (Wildman–Crippen MR) is 182 cm³/mol. The van der Waals surface area contributed by atoms with Gasteiger partial charge in [-0.25, -0.2) is 13.6 Å². The second-order valence-electron chi connectivity index (χ2n) is 12.4. The van der Waals surface area contributed by atoms with E-state index in [-0.39, 0.29) is 31.5 Å². The van der Waals surface area contributed by atoms with Gasteiger partial charge in [-0.05, 0) is 87.2 Å². The summed E-state index contributed by atoms with van der Waals surface area (Å²) in [5.41, 5.74) is 2.43. The molecule has 0 aliphatic heterocycles. The summed E-state index contributed by atoms with van der Waals surface area (Å²) in [6.07, 6.45) is 6.95. The van der Waals surface area contributed by atoms with Crippen molar-refractivity contribution in [1.29, 1.82) is 0 Å². The smallest absolute Gasteiger partial charge is 0.408 e. The maximum absolute atomic E-state index is 14.4. The second kappa shape index (κ2) is 19.9. The van der Waals surface area contributed by atoms with Crippen LogP contribution >= 0.6 is 11.8 Å². The third kappa shape index (κ3) is 12.5. The molecule has 1 unspecified atom stereocenters. The molecule has 3 N–H and O–H groups in total. The Morgan fingerprint density at radius 3 is 2.26 bits per heavy atom. The molecule has 2 aromatic rings. The first kappa shape index (κ1) is 37.8. The van der Waals surface area contributed by atoms with Crippen LogP contribution in [0.1, 0.15) is 88.8 Å². The van der Waals surface area contributed by atoms with Gasteiger partial charge in [-0.15, -0.1) is 0 Å². The number of hydrogen-bond acceptors (Lipinski definition) is 6. The molecule has 0 spiro atoms. The summed E-state index contributed by atoms with van der Waals surface area (Å²) in [6.45, 7) is 6.53. The molecular formula is C36H53F2N3O4S. The van der Waals surface area contributed by atoms with E-state index in [2.05, 4.69) is 31.4 Å². The lowest BCUT2D eigenvalue weighted by atomic mass is 10.00. The van der Waals surface area contributed by atoms with Crippen LogP contribution in [-0.4, -0.2) is 70.9 Å². The van der Waals surface area contributed by atoms with E-state index in [1.807, 2.05) is 24.3 Å². The molecule has 256 valence electrons. The van der Waals surface area contributed by atoms with E-state index in [0.717, 1.165) is 75.0 Å². The molecule has 0 heterocycles. The molecule has 0 aromatic heterocycles. The van der Waals surface area contributed by atoms with Crippen molar-refractivity contribution in [3.63, 3.8) is 0 Å². The highest BCUT2D eigenvalue weighted by Gasteiger charge is 2.32. The fourth-order valence-corrected chi connectivity index (χ4v) is 7.58. The van der Waals surface area contributed by atoms with Crippen molar-refractivity contribution >= 4 is 23.8 Å². The van der Waals surface area contributed by atoms with Gasteiger partial charge in [0.05, 0.1) is 6.10 Å². The van der Waals surface area contributed by atoms with Gasteiger partial charge in [0.1, 0.15) is 23.8 Å². The van der Waals surface area contributed by atoms with Gasteiger partial charge in [0, 0.05) is 36.2 Å². The van der Waals surface area contributed by atoms with Crippen molar-refractivity contribution in [3.8, 4) is 0 Å². The highest BCUT2D eigenvalue weighted by atomic mass is 32.2. The standard InChI is InChI=1S/C36H53F2N3O4S/c1-5-11-31(12-6-2)46-24-33(40-36(44)45-30-15-8-9-16-30)35(43)41(22-26-14-10-13-25(7-3)17-26)23-34(42)32(39-4)20-27-18-28(37)21-29(38)19-27/h10,13-14,17-19,21,30-34,39,42H,5-9,11-12,15-16,20,22-24H2,1-4H3,(H,40,44)/t32-,33?,34+/m0/s1. The summed E-state index contributed by atoms with van der Waals surface area (Å²) in [4.78, 5) is 29.1. The number of halogens is 2. The summed E-state index contributed by atoms with van der Waals surface area (Å²) in [5, 5.41) is 17.8. The number of alkyl carbamates (subject to hydrolysis) is 1. The predicted octanol–water partition coefficient (Wildman–Crippen LogP) is 6.79. The first-order valence-electron chi connectivity index (χ1n) is 16.9. The van der Waals surface area contributed by atoms with Crippen LogP contribution in [0.25, 0.3) is 0 Å². The third-order valence-electron chi connectivity index (χ3n) is 8.59. The molecule has 10 heteroatoms. The van der Waals surface area contributed by atoms with E-state index >= 15 is 0 Å². The van der Waals surface area contributed by atoms with E-state index in [9.17, 15) is 23.5 Å². The van der Waals surface area contributed by atoms with Crippen LogP contribution in [0.15, 0.2) is 42.5 Å². The lowest BCUT2D eigenvalue weighted by molar-refractivity contribution is -0.135. The first-order chi connectivity index (χ1) is 22.1. The van der Waals surface area contributed by atoms with Gasteiger partial charge in [-0.1, -0.05) is 57.9 Å². The number of thioether (sulfide) groups is 1. The van der Waals surface area contributed by atoms with Gasteiger partial charge in [0.2, 0.25) is 5.91 Å². The molecule has 0 saturated heterocycles. The highest BCUT2D eigenvalue weighted by molar-refractivity contribution is 7.99. The summed E-state index contributed by atoms with van der Waals surface area (Å²) in [7, 11) is 1.67. The number of carbonyl (C=O) groups is 2. The van der Waals surface area contributed by atoms with Crippen molar-refractivity contribution in [2.45, 2.75) is 121 Å². The first-order valence-corrected chi connectivity index (χ1v) is 18.0. The molecule has 7 nitrogen and oxygen atoms in total. The van der Waals surface area contributed by atoms with E-state index in [1.165, 1.54) is 12.1 Å². The number of likely N-dealkylation sites (N-methyl/N-ethyl adjacent to an activating group) is 1. The largest absolute Gasteiger partial charge is 0.446 e. The van der Waals surface area contributed by atoms with Gasteiger partial charge in [0.15, 0.2) is 0 Å². The van der Waals surface area contributed by atoms with Gasteiger partial charge < -0.3 is 25.4 Å². The van der Waals surface area contributed by atoms with Crippen molar-refractivity contribution in [3.05, 3.63) is 70.8 Å². The minimum Gasteiger partial charge on any atom is -0.446 e. The fraction of sp³-hybridized carbons (Fsp3) is 0.611. The van der Waals surface area contributed by atoms with Crippen LogP contribution in [0.2, 0.25) is 0 Å². The van der Waals surface area contributed by atoms with Crippen molar-refractivity contribution in [2.24, 2.45) is 0 Å². The van der Waals surface area contributed by atoms with Crippen LogP contribution in [0.4, 0.5) is 13.6 Å². The van der Waals surface area contributed by atoms with Crippen molar-refractivity contribution in [1.82, 2.24) is 15.5 Å². The van der Waals surface area contributed by atoms with Crippen LogP contribution < -0.4 is 10.6 Å². The monoisotopic (exact) mass is 661 g/mol. The Bertz CT molecular complexity index is 1200. The average molecular weight is 662 g/mol. The molecule has 0 radical (unpaired) electrons. The number of aliphatic hydroxyl groups is 1. The zero-order valence-corrected chi connectivity index (χ0v) is 28.7. The molecule has 1 aliphatic rings. The van der Waals surface area contributed by atoms with Gasteiger partial charge in [-0.3, -0.25) is 4.79 Å².